The Balaban J connectivity index is 1.81. The van der Waals surface area contributed by atoms with Crippen LogP contribution in [0.4, 0.5) is 0 Å². The molecule has 1 spiro atoms. The number of phenolic OH excluding ortho intramolecular Hbond substituents is 1. The number of fused-ring (bicyclic) bond motifs is 1. The molecule has 0 bridgehead atoms. The third-order valence-corrected chi connectivity index (χ3v) is 7.71. The third-order valence-electron chi connectivity index (χ3n) is 6.80. The van der Waals surface area contributed by atoms with Crippen molar-refractivity contribution in [2.45, 2.75) is 44.9 Å². The molecule has 1 N–H and O–H groups in total. The Kier molecular flexibility index (Phi) is 6.21. The summed E-state index contributed by atoms with van der Waals surface area (Å²) in [6.45, 7) is 7.84. The molecule has 31 heavy (non-hydrogen) atoms. The van der Waals surface area contributed by atoms with Gasteiger partial charge in [0.25, 0.3) is 5.91 Å². The SMILES string of the molecule is CC(C)CCCc1c(O)ccc2c1OC1(C(Cl)=C(Cl)C(=O)N1C)C2N1CCN(C)CC1. The van der Waals surface area contributed by atoms with E-state index in [4.69, 9.17) is 27.9 Å². The molecule has 1 saturated heterocycles. The second-order valence-corrected chi connectivity index (χ2v) is 10.1. The normalized spacial score (nSPS) is 27.0. The van der Waals surface area contributed by atoms with E-state index in [2.05, 4.69) is 30.7 Å². The van der Waals surface area contributed by atoms with E-state index < -0.39 is 5.72 Å². The zero-order valence-electron chi connectivity index (χ0n) is 18.6. The number of phenols is 1. The van der Waals surface area contributed by atoms with Crippen LogP contribution in [0.15, 0.2) is 22.2 Å². The maximum absolute atomic E-state index is 12.8. The predicted molar refractivity (Wildman–Crippen MR) is 123 cm³/mol. The first-order valence-electron chi connectivity index (χ1n) is 11.0. The van der Waals surface area contributed by atoms with E-state index in [1.165, 1.54) is 4.90 Å². The van der Waals surface area contributed by atoms with E-state index in [-0.39, 0.29) is 27.8 Å². The van der Waals surface area contributed by atoms with E-state index in [0.717, 1.165) is 50.1 Å². The van der Waals surface area contributed by atoms with Crippen molar-refractivity contribution in [3.8, 4) is 11.5 Å². The molecule has 0 aromatic heterocycles. The molecule has 0 radical (unpaired) electrons. The Morgan fingerprint density at radius 3 is 2.45 bits per heavy atom. The van der Waals surface area contributed by atoms with Crippen molar-refractivity contribution in [1.29, 1.82) is 0 Å². The average molecular weight is 468 g/mol. The smallest absolute Gasteiger partial charge is 0.269 e. The topological polar surface area (TPSA) is 56.3 Å². The molecule has 8 heteroatoms. The van der Waals surface area contributed by atoms with Gasteiger partial charge in [0.15, 0.2) is 0 Å². The monoisotopic (exact) mass is 467 g/mol. The Morgan fingerprint density at radius 2 is 1.87 bits per heavy atom. The number of amides is 1. The van der Waals surface area contributed by atoms with Gasteiger partial charge < -0.3 is 14.7 Å². The molecular weight excluding hydrogens is 437 g/mol. The highest BCUT2D eigenvalue weighted by Gasteiger charge is 2.63. The summed E-state index contributed by atoms with van der Waals surface area (Å²) in [5, 5.41) is 10.9. The van der Waals surface area contributed by atoms with Gasteiger partial charge in [0.05, 0.1) is 0 Å². The molecule has 1 aromatic rings. The molecule has 1 fully saturated rings. The lowest BCUT2D eigenvalue weighted by molar-refractivity contribution is -0.141. The Bertz CT molecular complexity index is 912. The van der Waals surface area contributed by atoms with Gasteiger partial charge in [-0.05, 0) is 37.9 Å². The van der Waals surface area contributed by atoms with Crippen LogP contribution in [0.3, 0.4) is 0 Å². The molecule has 170 valence electrons. The quantitative estimate of drug-likeness (QED) is 0.711. The summed E-state index contributed by atoms with van der Waals surface area (Å²) in [6.07, 6.45) is 2.70. The minimum atomic E-state index is -1.21. The first-order valence-corrected chi connectivity index (χ1v) is 11.7. The zero-order valence-corrected chi connectivity index (χ0v) is 20.1. The van der Waals surface area contributed by atoms with Gasteiger partial charge in [-0.25, -0.2) is 0 Å². The Labute approximate surface area is 194 Å². The van der Waals surface area contributed by atoms with Gasteiger partial charge in [0.1, 0.15) is 27.6 Å². The number of carbonyl (C=O) groups is 1. The first-order chi connectivity index (χ1) is 14.7. The van der Waals surface area contributed by atoms with Crippen LogP contribution in [0, 0.1) is 5.92 Å². The van der Waals surface area contributed by atoms with Crippen LogP contribution in [0.5, 0.6) is 11.5 Å². The van der Waals surface area contributed by atoms with Crippen molar-refractivity contribution in [2.24, 2.45) is 5.92 Å². The molecular formula is C23H31Cl2N3O3. The predicted octanol–water partition coefficient (Wildman–Crippen LogP) is 3.91. The summed E-state index contributed by atoms with van der Waals surface area (Å²) in [5.41, 5.74) is 0.516. The molecule has 6 nitrogen and oxygen atoms in total. The molecule has 3 aliphatic heterocycles. The van der Waals surface area contributed by atoms with Crippen LogP contribution >= 0.6 is 23.2 Å². The molecule has 2 atom stereocenters. The molecule has 3 heterocycles. The second kappa shape index (κ2) is 8.47. The number of benzene rings is 1. The molecule has 1 amide bonds. The molecule has 0 aliphatic carbocycles. The van der Waals surface area contributed by atoms with E-state index >= 15 is 0 Å². The van der Waals surface area contributed by atoms with Crippen LogP contribution in [-0.4, -0.2) is 71.7 Å². The number of likely N-dealkylation sites (N-methyl/N-ethyl adjacent to an activating group) is 2. The lowest BCUT2D eigenvalue weighted by Crippen LogP contribution is -2.58. The average Bonchev–Trinajstić information content (AvgIpc) is 3.16. The maximum Gasteiger partial charge on any atom is 0.269 e. The summed E-state index contributed by atoms with van der Waals surface area (Å²) in [5.74, 6) is 1.09. The van der Waals surface area contributed by atoms with Gasteiger partial charge in [-0.15, -0.1) is 0 Å². The number of ether oxygens (including phenoxy) is 1. The summed E-state index contributed by atoms with van der Waals surface area (Å²) in [7, 11) is 3.79. The highest BCUT2D eigenvalue weighted by molar-refractivity contribution is 6.50. The second-order valence-electron chi connectivity index (χ2n) is 9.30. The summed E-state index contributed by atoms with van der Waals surface area (Å²) >= 11 is 13.1. The number of piperazine rings is 1. The van der Waals surface area contributed by atoms with Gasteiger partial charge in [0.2, 0.25) is 5.72 Å². The van der Waals surface area contributed by atoms with Crippen LogP contribution in [0.2, 0.25) is 0 Å². The zero-order chi connectivity index (χ0) is 22.5. The number of hydrogen-bond acceptors (Lipinski definition) is 5. The fourth-order valence-corrected chi connectivity index (χ4v) is 5.57. The van der Waals surface area contributed by atoms with Crippen LogP contribution in [0.25, 0.3) is 0 Å². The van der Waals surface area contributed by atoms with Crippen LogP contribution in [-0.2, 0) is 11.2 Å². The van der Waals surface area contributed by atoms with Gasteiger partial charge in [0, 0.05) is 44.4 Å². The molecule has 0 saturated carbocycles. The summed E-state index contributed by atoms with van der Waals surface area (Å²) in [4.78, 5) is 18.9. The number of rotatable bonds is 5. The van der Waals surface area contributed by atoms with Gasteiger partial charge in [-0.3, -0.25) is 14.6 Å². The van der Waals surface area contributed by atoms with E-state index in [0.29, 0.717) is 18.1 Å². The van der Waals surface area contributed by atoms with Crippen molar-refractivity contribution in [3.63, 3.8) is 0 Å². The molecule has 3 aliphatic rings. The van der Waals surface area contributed by atoms with Crippen LogP contribution < -0.4 is 4.74 Å². The van der Waals surface area contributed by atoms with Gasteiger partial charge in [-0.2, -0.15) is 0 Å². The first kappa shape index (κ1) is 22.7. The summed E-state index contributed by atoms with van der Waals surface area (Å²) in [6, 6.07) is 3.35. The highest BCUT2D eigenvalue weighted by Crippen LogP contribution is 2.58. The standard InChI is InChI=1S/C23H31Cl2N3O3/c1-14(2)6-5-7-15-17(29)9-8-16-19(15)31-23(20(25)18(24)22(30)27(23)4)21(16)28-12-10-26(3)11-13-28/h8-9,14,21,29H,5-7,10-13H2,1-4H3. The molecule has 1 aromatic carbocycles. The van der Waals surface area contributed by atoms with E-state index in [1.54, 1.807) is 13.1 Å². The van der Waals surface area contributed by atoms with Crippen molar-refractivity contribution in [2.75, 3.05) is 40.3 Å². The highest BCUT2D eigenvalue weighted by atomic mass is 35.5. The largest absolute Gasteiger partial charge is 0.508 e. The fourth-order valence-electron chi connectivity index (χ4n) is 4.96. The fraction of sp³-hybridized carbons (Fsp3) is 0.609. The molecule has 4 rings (SSSR count). The third kappa shape index (κ3) is 3.62. The van der Waals surface area contributed by atoms with E-state index in [9.17, 15) is 9.90 Å². The number of hydrogen-bond donors (Lipinski definition) is 1. The van der Waals surface area contributed by atoms with Crippen LogP contribution in [0.1, 0.15) is 43.9 Å². The van der Waals surface area contributed by atoms with Gasteiger partial charge in [-0.1, -0.05) is 43.5 Å². The number of carbonyl (C=O) groups excluding carboxylic acids is 1. The van der Waals surface area contributed by atoms with Crippen molar-refractivity contribution in [1.82, 2.24) is 14.7 Å². The van der Waals surface area contributed by atoms with Gasteiger partial charge >= 0.3 is 0 Å². The molecule has 2 unspecified atom stereocenters. The Hall–Kier alpha value is -1.47. The summed E-state index contributed by atoms with van der Waals surface area (Å²) < 4.78 is 6.60. The lowest BCUT2D eigenvalue weighted by Gasteiger charge is -2.44. The van der Waals surface area contributed by atoms with E-state index in [1.807, 2.05) is 6.07 Å². The lowest BCUT2D eigenvalue weighted by atomic mass is 9.92. The van der Waals surface area contributed by atoms with Crippen molar-refractivity contribution in [3.05, 3.63) is 33.3 Å². The Morgan fingerprint density at radius 1 is 1.19 bits per heavy atom. The maximum atomic E-state index is 12.8. The van der Waals surface area contributed by atoms with Crippen molar-refractivity contribution < 1.29 is 14.6 Å². The van der Waals surface area contributed by atoms with Crippen molar-refractivity contribution >= 4 is 29.1 Å². The minimum absolute atomic E-state index is 0.00156. The number of halogens is 2. The number of aromatic hydroxyl groups is 1. The minimum Gasteiger partial charge on any atom is -0.508 e. The number of nitrogens with zero attached hydrogens (tertiary/aromatic N) is 3.